The number of rotatable bonds is 2. The maximum absolute atomic E-state index is 13.2. The molecular weight excluding hydrogens is 212 g/mol. The average molecular weight is 229 g/mol. The molecule has 0 aromatic carbocycles. The van der Waals surface area contributed by atoms with Crippen molar-refractivity contribution < 1.29 is 8.78 Å². The second-order valence-electron chi connectivity index (χ2n) is 4.51. The van der Waals surface area contributed by atoms with Gasteiger partial charge in [0, 0.05) is 18.5 Å². The van der Waals surface area contributed by atoms with Crippen LogP contribution in [0.4, 0.5) is 8.78 Å². The zero-order chi connectivity index (χ0) is 11.8. The number of hydrogen-bond acceptors (Lipinski definition) is 2. The predicted molar refractivity (Wildman–Crippen MR) is 57.7 cm³/mol. The van der Waals surface area contributed by atoms with Crippen LogP contribution in [0.15, 0.2) is 0 Å². The molecule has 0 amide bonds. The molecule has 0 aliphatic carbocycles. The highest BCUT2D eigenvalue weighted by atomic mass is 19.3. The summed E-state index contributed by atoms with van der Waals surface area (Å²) in [5.41, 5.74) is 0.377. The monoisotopic (exact) mass is 229 g/mol. The largest absolute Gasteiger partial charge is 0.345 e. The standard InChI is InChI=1S/C11H17F2N3/c1-7-9(11(2,12)13)16-10(15-7)8-3-5-14-6-4-8/h8,14H,3-6H2,1-2H3,(H,15,16). The van der Waals surface area contributed by atoms with Crippen LogP contribution in [0.3, 0.4) is 0 Å². The lowest BCUT2D eigenvalue weighted by molar-refractivity contribution is 0.0124. The summed E-state index contributed by atoms with van der Waals surface area (Å²) in [7, 11) is 0. The fraction of sp³-hybridized carbons (Fsp3) is 0.727. The molecule has 1 aromatic heterocycles. The summed E-state index contributed by atoms with van der Waals surface area (Å²) >= 11 is 0. The van der Waals surface area contributed by atoms with Crippen LogP contribution in [0.5, 0.6) is 0 Å². The Balaban J connectivity index is 2.23. The number of alkyl halides is 2. The van der Waals surface area contributed by atoms with Crippen molar-refractivity contribution in [2.24, 2.45) is 0 Å². The summed E-state index contributed by atoms with van der Waals surface area (Å²) < 4.78 is 26.4. The zero-order valence-electron chi connectivity index (χ0n) is 9.61. The first-order valence-corrected chi connectivity index (χ1v) is 5.64. The molecule has 0 atom stereocenters. The van der Waals surface area contributed by atoms with Gasteiger partial charge in [0.25, 0.3) is 5.92 Å². The van der Waals surface area contributed by atoms with Gasteiger partial charge in [0.1, 0.15) is 11.5 Å². The number of aromatic amines is 1. The van der Waals surface area contributed by atoms with Crippen LogP contribution in [-0.4, -0.2) is 23.1 Å². The maximum Gasteiger partial charge on any atom is 0.288 e. The molecule has 3 nitrogen and oxygen atoms in total. The van der Waals surface area contributed by atoms with Gasteiger partial charge < -0.3 is 10.3 Å². The van der Waals surface area contributed by atoms with Crippen molar-refractivity contribution in [2.45, 2.75) is 38.5 Å². The van der Waals surface area contributed by atoms with Gasteiger partial charge in [-0.3, -0.25) is 0 Å². The number of nitrogens with zero attached hydrogens (tertiary/aromatic N) is 1. The molecule has 2 heterocycles. The van der Waals surface area contributed by atoms with E-state index in [9.17, 15) is 8.78 Å². The highest BCUT2D eigenvalue weighted by molar-refractivity contribution is 5.19. The number of hydrogen-bond donors (Lipinski definition) is 2. The van der Waals surface area contributed by atoms with Crippen LogP contribution in [0, 0.1) is 6.92 Å². The Labute approximate surface area is 93.7 Å². The Kier molecular flexibility index (Phi) is 2.97. The van der Waals surface area contributed by atoms with Crippen LogP contribution in [0.25, 0.3) is 0 Å². The second kappa shape index (κ2) is 4.13. The number of imidazole rings is 1. The lowest BCUT2D eigenvalue weighted by Gasteiger charge is -2.20. The zero-order valence-corrected chi connectivity index (χ0v) is 9.61. The molecular formula is C11H17F2N3. The van der Waals surface area contributed by atoms with E-state index >= 15 is 0 Å². The molecule has 1 aliphatic rings. The molecule has 1 aromatic rings. The van der Waals surface area contributed by atoms with Crippen molar-refractivity contribution >= 4 is 0 Å². The van der Waals surface area contributed by atoms with Crippen molar-refractivity contribution in [3.8, 4) is 0 Å². The molecule has 90 valence electrons. The van der Waals surface area contributed by atoms with Gasteiger partial charge in [-0.05, 0) is 32.9 Å². The molecule has 1 saturated heterocycles. The van der Waals surface area contributed by atoms with E-state index in [4.69, 9.17) is 0 Å². The third-order valence-electron chi connectivity index (χ3n) is 3.04. The number of halogens is 2. The van der Waals surface area contributed by atoms with Crippen molar-refractivity contribution in [1.29, 1.82) is 0 Å². The Morgan fingerprint density at radius 2 is 1.94 bits per heavy atom. The fourth-order valence-corrected chi connectivity index (χ4v) is 2.20. The van der Waals surface area contributed by atoms with E-state index in [-0.39, 0.29) is 11.6 Å². The van der Waals surface area contributed by atoms with Gasteiger partial charge in [0.05, 0.1) is 0 Å². The van der Waals surface area contributed by atoms with E-state index in [0.29, 0.717) is 5.69 Å². The maximum atomic E-state index is 13.2. The second-order valence-corrected chi connectivity index (χ2v) is 4.51. The predicted octanol–water partition coefficient (Wildman–Crippen LogP) is 2.30. The highest BCUT2D eigenvalue weighted by Gasteiger charge is 2.31. The van der Waals surface area contributed by atoms with E-state index in [1.165, 1.54) is 0 Å². The smallest absolute Gasteiger partial charge is 0.288 e. The number of nitrogens with one attached hydrogen (secondary N) is 2. The van der Waals surface area contributed by atoms with E-state index in [2.05, 4.69) is 15.3 Å². The first kappa shape index (κ1) is 11.5. The van der Waals surface area contributed by atoms with Gasteiger partial charge in [-0.15, -0.1) is 0 Å². The fourth-order valence-electron chi connectivity index (χ4n) is 2.20. The Hall–Kier alpha value is -0.970. The van der Waals surface area contributed by atoms with E-state index in [0.717, 1.165) is 38.7 Å². The van der Waals surface area contributed by atoms with Gasteiger partial charge in [0.15, 0.2) is 0 Å². The lowest BCUT2D eigenvalue weighted by Crippen LogP contribution is -2.27. The van der Waals surface area contributed by atoms with E-state index in [1.807, 2.05) is 0 Å². The summed E-state index contributed by atoms with van der Waals surface area (Å²) in [6, 6.07) is 0. The van der Waals surface area contributed by atoms with Crippen molar-refractivity contribution in [1.82, 2.24) is 15.3 Å². The quantitative estimate of drug-likeness (QED) is 0.817. The summed E-state index contributed by atoms with van der Waals surface area (Å²) in [5, 5.41) is 3.25. The van der Waals surface area contributed by atoms with Gasteiger partial charge >= 0.3 is 0 Å². The van der Waals surface area contributed by atoms with Crippen molar-refractivity contribution in [2.75, 3.05) is 13.1 Å². The molecule has 2 N–H and O–H groups in total. The van der Waals surface area contributed by atoms with E-state index < -0.39 is 5.92 Å². The number of H-pyrrole nitrogens is 1. The van der Waals surface area contributed by atoms with Crippen molar-refractivity contribution in [3.63, 3.8) is 0 Å². The average Bonchev–Trinajstić information content (AvgIpc) is 2.61. The lowest BCUT2D eigenvalue weighted by atomic mass is 9.98. The Morgan fingerprint density at radius 1 is 1.31 bits per heavy atom. The number of piperidine rings is 1. The highest BCUT2D eigenvalue weighted by Crippen LogP contribution is 2.31. The molecule has 1 aliphatic heterocycles. The number of aryl methyl sites for hydroxylation is 1. The third kappa shape index (κ3) is 2.24. The number of aromatic nitrogens is 2. The normalized spacial score (nSPS) is 19.0. The Bertz CT molecular complexity index is 362. The molecule has 0 spiro atoms. The summed E-state index contributed by atoms with van der Waals surface area (Å²) in [4.78, 5) is 7.07. The minimum Gasteiger partial charge on any atom is -0.345 e. The summed E-state index contributed by atoms with van der Waals surface area (Å²) in [6.07, 6.45) is 1.92. The van der Waals surface area contributed by atoms with Crippen LogP contribution >= 0.6 is 0 Å². The summed E-state index contributed by atoms with van der Waals surface area (Å²) in [5.74, 6) is -1.85. The van der Waals surface area contributed by atoms with Gasteiger partial charge in [-0.25, -0.2) is 4.98 Å². The first-order valence-electron chi connectivity index (χ1n) is 5.64. The minimum absolute atomic E-state index is 0.110. The van der Waals surface area contributed by atoms with Crippen LogP contribution in [-0.2, 0) is 5.92 Å². The minimum atomic E-state index is -2.86. The molecule has 16 heavy (non-hydrogen) atoms. The SMILES string of the molecule is Cc1[nH]c(C2CCNCC2)nc1C(C)(F)F. The molecule has 5 heteroatoms. The van der Waals surface area contributed by atoms with E-state index in [1.54, 1.807) is 6.92 Å². The molecule has 0 radical (unpaired) electrons. The molecule has 2 rings (SSSR count). The summed E-state index contributed by atoms with van der Waals surface area (Å²) in [6.45, 7) is 4.41. The van der Waals surface area contributed by atoms with Crippen molar-refractivity contribution in [3.05, 3.63) is 17.2 Å². The van der Waals surface area contributed by atoms with Gasteiger partial charge in [-0.1, -0.05) is 0 Å². The molecule has 0 unspecified atom stereocenters. The topological polar surface area (TPSA) is 40.7 Å². The Morgan fingerprint density at radius 3 is 2.44 bits per heavy atom. The third-order valence-corrected chi connectivity index (χ3v) is 3.04. The molecule has 0 bridgehead atoms. The first-order chi connectivity index (χ1) is 7.48. The van der Waals surface area contributed by atoms with Crippen LogP contribution in [0.2, 0.25) is 0 Å². The molecule has 0 saturated carbocycles. The molecule has 1 fully saturated rings. The van der Waals surface area contributed by atoms with Crippen LogP contribution in [0.1, 0.15) is 42.9 Å². The van der Waals surface area contributed by atoms with Gasteiger partial charge in [-0.2, -0.15) is 8.78 Å². The van der Waals surface area contributed by atoms with Gasteiger partial charge in [0.2, 0.25) is 0 Å². The van der Waals surface area contributed by atoms with Crippen LogP contribution < -0.4 is 5.32 Å².